The number of ether oxygens (including phenoxy) is 2. The molecule has 1 amide bonds. The summed E-state index contributed by atoms with van der Waals surface area (Å²) in [5, 5.41) is 10.2. The zero-order chi connectivity index (χ0) is 25.0. The van der Waals surface area contributed by atoms with Gasteiger partial charge in [-0.3, -0.25) is 14.8 Å². The van der Waals surface area contributed by atoms with Crippen molar-refractivity contribution in [1.29, 1.82) is 0 Å². The van der Waals surface area contributed by atoms with E-state index in [0.29, 0.717) is 17.1 Å². The Morgan fingerprint density at radius 3 is 2.26 bits per heavy atom. The van der Waals surface area contributed by atoms with E-state index in [9.17, 15) is 17.6 Å². The first-order valence-corrected chi connectivity index (χ1v) is 11.5. The Kier molecular flexibility index (Phi) is 6.64. The molecule has 0 spiro atoms. The molecule has 4 rings (SSSR count). The largest absolute Gasteiger partial charge is 0.497 e. The zero-order valence-corrected chi connectivity index (χ0v) is 19.3. The number of benzene rings is 3. The Bertz CT molecular complexity index is 1450. The van der Waals surface area contributed by atoms with Crippen molar-refractivity contribution >= 4 is 27.6 Å². The van der Waals surface area contributed by atoms with Crippen molar-refractivity contribution in [3.05, 3.63) is 78.1 Å². The first-order valence-electron chi connectivity index (χ1n) is 10.0. The molecule has 35 heavy (non-hydrogen) atoms. The first kappa shape index (κ1) is 23.7. The smallest absolute Gasteiger partial charge is 0.322 e. The standard InChI is InChI=1S/C23H19FN4O6S/c1-32-16-11-14(12-17(13-16)33-2)22-26-27-23(34-22)25-21(29)19-5-3-4-6-20(19)28-35(30,31)18-9-7-15(24)8-10-18/h3-13,28H,1-2H3,(H,25,27,29). The molecule has 0 aliphatic rings. The van der Waals surface area contributed by atoms with Crippen molar-refractivity contribution in [2.45, 2.75) is 4.90 Å². The van der Waals surface area contributed by atoms with Crippen LogP contribution in [0.4, 0.5) is 16.1 Å². The maximum absolute atomic E-state index is 13.2. The number of amides is 1. The molecule has 4 aromatic rings. The summed E-state index contributed by atoms with van der Waals surface area (Å²) in [5.41, 5.74) is 0.509. The Morgan fingerprint density at radius 2 is 1.60 bits per heavy atom. The van der Waals surface area contributed by atoms with Crippen molar-refractivity contribution in [2.75, 3.05) is 24.3 Å². The number of rotatable bonds is 8. The molecule has 180 valence electrons. The number of anilines is 2. The van der Waals surface area contributed by atoms with E-state index in [1.54, 1.807) is 30.3 Å². The number of methoxy groups -OCH3 is 2. The molecule has 0 radical (unpaired) electrons. The molecule has 1 heterocycles. The third-order valence-corrected chi connectivity index (χ3v) is 6.17. The fraction of sp³-hybridized carbons (Fsp3) is 0.0870. The van der Waals surface area contributed by atoms with Crippen LogP contribution in [0.15, 0.2) is 76.0 Å². The minimum absolute atomic E-state index is 0.000913. The second-order valence-electron chi connectivity index (χ2n) is 7.07. The lowest BCUT2D eigenvalue weighted by Gasteiger charge is -2.12. The maximum Gasteiger partial charge on any atom is 0.322 e. The molecule has 0 aliphatic heterocycles. The summed E-state index contributed by atoms with van der Waals surface area (Å²) in [6.45, 7) is 0. The minimum Gasteiger partial charge on any atom is -0.497 e. The average molecular weight is 498 g/mol. The van der Waals surface area contributed by atoms with E-state index in [0.717, 1.165) is 24.3 Å². The molecular weight excluding hydrogens is 479 g/mol. The van der Waals surface area contributed by atoms with Gasteiger partial charge in [0.25, 0.3) is 15.9 Å². The number of aromatic nitrogens is 2. The molecule has 0 atom stereocenters. The van der Waals surface area contributed by atoms with E-state index < -0.39 is 21.7 Å². The van der Waals surface area contributed by atoms with Crippen molar-refractivity contribution in [3.8, 4) is 23.0 Å². The third-order valence-electron chi connectivity index (χ3n) is 4.78. The van der Waals surface area contributed by atoms with Crippen LogP contribution in [0.25, 0.3) is 11.5 Å². The van der Waals surface area contributed by atoms with Crippen LogP contribution >= 0.6 is 0 Å². The monoisotopic (exact) mass is 498 g/mol. The Labute approximate surface area is 199 Å². The molecule has 3 aromatic carbocycles. The summed E-state index contributed by atoms with van der Waals surface area (Å²) in [6.07, 6.45) is 0. The Morgan fingerprint density at radius 1 is 0.943 bits per heavy atom. The zero-order valence-electron chi connectivity index (χ0n) is 18.5. The van der Waals surface area contributed by atoms with Crippen molar-refractivity contribution in [1.82, 2.24) is 10.2 Å². The van der Waals surface area contributed by atoms with E-state index in [2.05, 4.69) is 20.2 Å². The van der Waals surface area contributed by atoms with E-state index >= 15 is 0 Å². The van der Waals surface area contributed by atoms with Crippen LogP contribution in [0.3, 0.4) is 0 Å². The summed E-state index contributed by atoms with van der Waals surface area (Å²) in [4.78, 5) is 12.7. The van der Waals surface area contributed by atoms with Crippen LogP contribution in [0.2, 0.25) is 0 Å². The number of nitrogens with one attached hydrogen (secondary N) is 2. The average Bonchev–Trinajstić information content (AvgIpc) is 3.32. The van der Waals surface area contributed by atoms with Gasteiger partial charge in [-0.15, -0.1) is 5.10 Å². The molecule has 2 N–H and O–H groups in total. The molecule has 0 unspecified atom stereocenters. The SMILES string of the molecule is COc1cc(OC)cc(-c2nnc(NC(=O)c3ccccc3NS(=O)(=O)c3ccc(F)cc3)o2)c1. The van der Waals surface area contributed by atoms with Crippen LogP contribution < -0.4 is 19.5 Å². The Hall–Kier alpha value is -4.45. The van der Waals surface area contributed by atoms with Crippen molar-refractivity contribution in [2.24, 2.45) is 0 Å². The fourth-order valence-electron chi connectivity index (χ4n) is 3.07. The van der Waals surface area contributed by atoms with Crippen LogP contribution in [0.1, 0.15) is 10.4 Å². The van der Waals surface area contributed by atoms with Gasteiger partial charge in [-0.05, 0) is 48.5 Å². The fourth-order valence-corrected chi connectivity index (χ4v) is 4.15. The Balaban J connectivity index is 1.55. The highest BCUT2D eigenvalue weighted by Gasteiger charge is 2.20. The molecule has 0 saturated heterocycles. The molecule has 0 fully saturated rings. The lowest BCUT2D eigenvalue weighted by Crippen LogP contribution is -2.18. The highest BCUT2D eigenvalue weighted by Crippen LogP contribution is 2.30. The first-order chi connectivity index (χ1) is 16.8. The van der Waals surface area contributed by atoms with Crippen LogP contribution in [-0.2, 0) is 10.0 Å². The molecular formula is C23H19FN4O6S. The summed E-state index contributed by atoms with van der Waals surface area (Å²) in [6, 6.07) is 15.0. The molecule has 12 heteroatoms. The number of hydrogen-bond donors (Lipinski definition) is 2. The maximum atomic E-state index is 13.2. The van der Waals surface area contributed by atoms with Gasteiger partial charge in [0.2, 0.25) is 5.89 Å². The lowest BCUT2D eigenvalue weighted by atomic mass is 10.2. The van der Waals surface area contributed by atoms with E-state index in [1.165, 1.54) is 26.4 Å². The summed E-state index contributed by atoms with van der Waals surface area (Å²) >= 11 is 0. The topological polar surface area (TPSA) is 133 Å². The van der Waals surface area contributed by atoms with Gasteiger partial charge in [-0.2, -0.15) is 0 Å². The second-order valence-corrected chi connectivity index (χ2v) is 8.76. The van der Waals surface area contributed by atoms with Gasteiger partial charge in [0.05, 0.1) is 30.4 Å². The molecule has 0 aliphatic carbocycles. The quantitative estimate of drug-likeness (QED) is 0.373. The summed E-state index contributed by atoms with van der Waals surface area (Å²) < 4.78 is 56.9. The van der Waals surface area contributed by atoms with Gasteiger partial charge >= 0.3 is 6.01 Å². The predicted octanol–water partition coefficient (Wildman–Crippen LogP) is 3.95. The molecule has 10 nitrogen and oxygen atoms in total. The number of hydrogen-bond acceptors (Lipinski definition) is 8. The van der Waals surface area contributed by atoms with Crippen LogP contribution in [0.5, 0.6) is 11.5 Å². The van der Waals surface area contributed by atoms with Gasteiger partial charge in [-0.25, -0.2) is 12.8 Å². The van der Waals surface area contributed by atoms with Crippen molar-refractivity contribution in [3.63, 3.8) is 0 Å². The molecule has 1 aromatic heterocycles. The second kappa shape index (κ2) is 9.81. The van der Waals surface area contributed by atoms with E-state index in [4.69, 9.17) is 13.9 Å². The molecule has 0 saturated carbocycles. The minimum atomic E-state index is -4.08. The number of carbonyl (C=O) groups excluding carboxylic acids is 1. The van der Waals surface area contributed by atoms with Gasteiger partial charge < -0.3 is 13.9 Å². The van der Waals surface area contributed by atoms with Crippen LogP contribution in [0, 0.1) is 5.82 Å². The molecule has 0 bridgehead atoms. The number of halogens is 1. The lowest BCUT2D eigenvalue weighted by molar-refractivity contribution is 0.102. The van der Waals surface area contributed by atoms with E-state index in [1.807, 2.05) is 0 Å². The third kappa shape index (κ3) is 5.38. The van der Waals surface area contributed by atoms with Crippen LogP contribution in [-0.4, -0.2) is 38.7 Å². The number of sulfonamides is 1. The van der Waals surface area contributed by atoms with Gasteiger partial charge in [0.1, 0.15) is 17.3 Å². The summed E-state index contributed by atoms with van der Waals surface area (Å²) in [5.74, 6) is -0.158. The highest BCUT2D eigenvalue weighted by molar-refractivity contribution is 7.92. The van der Waals surface area contributed by atoms with Gasteiger partial charge in [-0.1, -0.05) is 17.2 Å². The number of carbonyl (C=O) groups is 1. The van der Waals surface area contributed by atoms with Gasteiger partial charge in [0.15, 0.2) is 0 Å². The normalized spacial score (nSPS) is 11.1. The highest BCUT2D eigenvalue weighted by atomic mass is 32.2. The van der Waals surface area contributed by atoms with E-state index in [-0.39, 0.29) is 28.1 Å². The van der Waals surface area contributed by atoms with Crippen molar-refractivity contribution < 1.29 is 31.5 Å². The summed E-state index contributed by atoms with van der Waals surface area (Å²) in [7, 11) is -1.08. The predicted molar refractivity (Wildman–Crippen MR) is 124 cm³/mol. The number of para-hydroxylation sites is 1. The van der Waals surface area contributed by atoms with Gasteiger partial charge in [0, 0.05) is 11.6 Å². The number of nitrogens with zero attached hydrogens (tertiary/aromatic N) is 2.